The van der Waals surface area contributed by atoms with E-state index in [0.717, 1.165) is 4.90 Å². The molecule has 1 atom stereocenters. The lowest BCUT2D eigenvalue weighted by Gasteiger charge is -2.18. The molecule has 82 valence electrons. The van der Waals surface area contributed by atoms with Crippen LogP contribution >= 0.6 is 0 Å². The summed E-state index contributed by atoms with van der Waals surface area (Å²) in [5.74, 6) is -1.24. The third-order valence-corrected chi connectivity index (χ3v) is 1.93. The summed E-state index contributed by atoms with van der Waals surface area (Å²) >= 11 is 0. The summed E-state index contributed by atoms with van der Waals surface area (Å²) in [4.78, 5) is 12.0. The Labute approximate surface area is 85.3 Å². The van der Waals surface area contributed by atoms with Crippen LogP contribution in [0, 0.1) is 0 Å². The highest BCUT2D eigenvalue weighted by atomic mass is 19.3. The van der Waals surface area contributed by atoms with E-state index >= 15 is 0 Å². The average Bonchev–Trinajstić information content (AvgIpc) is 2.27. The third kappa shape index (κ3) is 2.71. The molecular formula is C10H10F3NO. The second-order valence-electron chi connectivity index (χ2n) is 2.97. The number of anilines is 1. The molecule has 0 aliphatic rings. The fraction of sp³-hybridized carbons (Fsp3) is 0.300. The number of amides is 1. The minimum Gasteiger partial charge on any atom is -0.313 e. The summed E-state index contributed by atoms with van der Waals surface area (Å²) in [5.41, 5.74) is 0.380. The van der Waals surface area contributed by atoms with E-state index in [2.05, 4.69) is 0 Å². The molecule has 0 bridgehead atoms. The Bertz CT molecular complexity index is 329. The maximum absolute atomic E-state index is 12.7. The summed E-state index contributed by atoms with van der Waals surface area (Å²) in [5, 5.41) is 0. The number of para-hydroxylation sites is 1. The van der Waals surface area contributed by atoms with Crippen molar-refractivity contribution in [2.24, 2.45) is 0 Å². The number of benzene rings is 1. The second-order valence-corrected chi connectivity index (χ2v) is 2.97. The van der Waals surface area contributed by atoms with E-state index in [1.54, 1.807) is 18.2 Å². The highest BCUT2D eigenvalue weighted by Crippen LogP contribution is 2.15. The van der Waals surface area contributed by atoms with Crippen molar-refractivity contribution in [1.29, 1.82) is 0 Å². The van der Waals surface area contributed by atoms with Gasteiger partial charge in [0.25, 0.3) is 12.3 Å². The first-order chi connectivity index (χ1) is 7.04. The van der Waals surface area contributed by atoms with Crippen LogP contribution in [0.1, 0.15) is 0 Å². The zero-order valence-electron chi connectivity index (χ0n) is 8.03. The fourth-order valence-corrected chi connectivity index (χ4v) is 1.07. The van der Waals surface area contributed by atoms with Crippen LogP contribution in [-0.4, -0.2) is 25.6 Å². The van der Waals surface area contributed by atoms with Gasteiger partial charge in [0, 0.05) is 12.7 Å². The molecule has 2 nitrogen and oxygen atoms in total. The second kappa shape index (κ2) is 4.82. The lowest BCUT2D eigenvalue weighted by atomic mass is 10.2. The molecule has 0 saturated carbocycles. The molecule has 1 rings (SSSR count). The van der Waals surface area contributed by atoms with Crippen LogP contribution in [0.3, 0.4) is 0 Å². The quantitative estimate of drug-likeness (QED) is 0.760. The van der Waals surface area contributed by atoms with Crippen LogP contribution in [-0.2, 0) is 4.79 Å². The molecule has 5 heteroatoms. The molecule has 0 N–H and O–H groups in total. The summed E-state index contributed by atoms with van der Waals surface area (Å²) in [6.45, 7) is 0. The molecule has 1 aromatic carbocycles. The molecule has 0 aliphatic heterocycles. The van der Waals surface area contributed by atoms with Gasteiger partial charge in [-0.3, -0.25) is 4.79 Å². The van der Waals surface area contributed by atoms with E-state index in [1.165, 1.54) is 19.2 Å². The average molecular weight is 217 g/mol. The van der Waals surface area contributed by atoms with Crippen molar-refractivity contribution in [3.8, 4) is 0 Å². The van der Waals surface area contributed by atoms with Crippen molar-refractivity contribution in [2.75, 3.05) is 11.9 Å². The Balaban J connectivity index is 2.78. The van der Waals surface area contributed by atoms with Gasteiger partial charge in [-0.15, -0.1) is 0 Å². The first-order valence-electron chi connectivity index (χ1n) is 4.29. The lowest BCUT2D eigenvalue weighted by molar-refractivity contribution is -0.128. The molecule has 1 amide bonds. The fourth-order valence-electron chi connectivity index (χ4n) is 1.07. The normalized spacial score (nSPS) is 12.6. The van der Waals surface area contributed by atoms with Crippen LogP contribution in [0.25, 0.3) is 0 Å². The van der Waals surface area contributed by atoms with Gasteiger partial charge in [0.2, 0.25) is 6.17 Å². The number of carbonyl (C=O) groups excluding carboxylic acids is 1. The molecule has 0 aromatic heterocycles. The predicted octanol–water partition coefficient (Wildman–Crippen LogP) is 2.25. The number of rotatable bonds is 3. The zero-order chi connectivity index (χ0) is 11.4. The predicted molar refractivity (Wildman–Crippen MR) is 50.8 cm³/mol. The maximum atomic E-state index is 12.7. The highest BCUT2D eigenvalue weighted by molar-refractivity contribution is 5.96. The number of carbonyl (C=O) groups is 1. The van der Waals surface area contributed by atoms with Gasteiger partial charge in [0.15, 0.2) is 0 Å². The topological polar surface area (TPSA) is 20.3 Å². The number of hydrogen-bond donors (Lipinski definition) is 0. The van der Waals surface area contributed by atoms with Crippen LogP contribution in [0.2, 0.25) is 0 Å². The van der Waals surface area contributed by atoms with Crippen molar-refractivity contribution >= 4 is 11.6 Å². The zero-order valence-corrected chi connectivity index (χ0v) is 8.03. The van der Waals surface area contributed by atoms with Gasteiger partial charge in [-0.2, -0.15) is 0 Å². The first-order valence-corrected chi connectivity index (χ1v) is 4.29. The molecule has 0 heterocycles. The lowest BCUT2D eigenvalue weighted by Crippen LogP contribution is -2.37. The van der Waals surface area contributed by atoms with Gasteiger partial charge in [-0.25, -0.2) is 13.2 Å². The minimum atomic E-state index is -3.29. The Morgan fingerprint density at radius 2 is 1.73 bits per heavy atom. The standard InChI is InChI=1S/C10H10F3NO/c1-14(7-5-3-2-4-6-7)10(15)8(11)9(12)13/h2-6,8-9H,1H3. The first kappa shape index (κ1) is 11.6. The Morgan fingerprint density at radius 3 is 2.20 bits per heavy atom. The van der Waals surface area contributed by atoms with Gasteiger partial charge < -0.3 is 4.90 Å². The maximum Gasteiger partial charge on any atom is 0.278 e. The molecule has 1 unspecified atom stereocenters. The van der Waals surface area contributed by atoms with Crippen molar-refractivity contribution in [1.82, 2.24) is 0 Å². The van der Waals surface area contributed by atoms with Gasteiger partial charge in [-0.1, -0.05) is 18.2 Å². The Kier molecular flexibility index (Phi) is 3.71. The van der Waals surface area contributed by atoms with E-state index in [0.29, 0.717) is 5.69 Å². The molecule has 0 aliphatic carbocycles. The van der Waals surface area contributed by atoms with E-state index in [9.17, 15) is 18.0 Å². The van der Waals surface area contributed by atoms with E-state index < -0.39 is 18.5 Å². The minimum absolute atomic E-state index is 0.380. The monoisotopic (exact) mass is 217 g/mol. The number of nitrogens with zero attached hydrogens (tertiary/aromatic N) is 1. The molecule has 1 aromatic rings. The van der Waals surface area contributed by atoms with Gasteiger partial charge in [0.05, 0.1) is 0 Å². The van der Waals surface area contributed by atoms with Gasteiger partial charge >= 0.3 is 0 Å². The van der Waals surface area contributed by atoms with E-state index in [4.69, 9.17) is 0 Å². The van der Waals surface area contributed by atoms with Crippen LogP contribution in [0.15, 0.2) is 30.3 Å². The molecule has 0 radical (unpaired) electrons. The van der Waals surface area contributed by atoms with E-state index in [-0.39, 0.29) is 0 Å². The SMILES string of the molecule is CN(C(=O)C(F)C(F)F)c1ccccc1. The van der Waals surface area contributed by atoms with Crippen molar-refractivity contribution in [2.45, 2.75) is 12.6 Å². The van der Waals surface area contributed by atoms with Crippen LogP contribution < -0.4 is 4.90 Å². The van der Waals surface area contributed by atoms with Crippen molar-refractivity contribution < 1.29 is 18.0 Å². The molecular weight excluding hydrogens is 207 g/mol. The summed E-state index contributed by atoms with van der Waals surface area (Å²) in [6.07, 6.45) is -6.06. The van der Waals surface area contributed by atoms with Crippen molar-refractivity contribution in [3.05, 3.63) is 30.3 Å². The summed E-state index contributed by atoms with van der Waals surface area (Å²) < 4.78 is 36.6. The smallest absolute Gasteiger partial charge is 0.278 e. The van der Waals surface area contributed by atoms with Crippen LogP contribution in [0.5, 0.6) is 0 Å². The molecule has 0 fully saturated rings. The summed E-state index contributed by atoms with van der Waals surface area (Å²) in [7, 11) is 1.26. The summed E-state index contributed by atoms with van der Waals surface area (Å²) in [6, 6.07) is 8.05. The number of halogens is 3. The third-order valence-electron chi connectivity index (χ3n) is 1.93. The van der Waals surface area contributed by atoms with Crippen LogP contribution in [0.4, 0.5) is 18.9 Å². The molecule has 0 saturated heterocycles. The Hall–Kier alpha value is -1.52. The largest absolute Gasteiger partial charge is 0.313 e. The number of alkyl halides is 3. The highest BCUT2D eigenvalue weighted by Gasteiger charge is 2.30. The van der Waals surface area contributed by atoms with E-state index in [1.807, 2.05) is 0 Å². The molecule has 0 spiro atoms. The van der Waals surface area contributed by atoms with Crippen molar-refractivity contribution in [3.63, 3.8) is 0 Å². The van der Waals surface area contributed by atoms with Gasteiger partial charge in [-0.05, 0) is 12.1 Å². The van der Waals surface area contributed by atoms with Gasteiger partial charge in [0.1, 0.15) is 0 Å². The number of hydrogen-bond acceptors (Lipinski definition) is 1. The Morgan fingerprint density at radius 1 is 1.20 bits per heavy atom. The molecule has 15 heavy (non-hydrogen) atoms.